The molecular formula is C14H14Cl4F3N3. The van der Waals surface area contributed by atoms with Crippen LogP contribution in [0.5, 0.6) is 0 Å². The molecule has 10 heteroatoms. The molecule has 134 valence electrons. The number of nitrogens with zero attached hydrogens (tertiary/aromatic N) is 2. The highest BCUT2D eigenvalue weighted by Gasteiger charge is 2.55. The van der Waals surface area contributed by atoms with Gasteiger partial charge in [-0.1, -0.05) is 23.2 Å². The van der Waals surface area contributed by atoms with Crippen molar-refractivity contribution < 1.29 is 13.2 Å². The number of rotatable bonds is 4. The lowest BCUT2D eigenvalue weighted by molar-refractivity contribution is -0.137. The van der Waals surface area contributed by atoms with E-state index in [4.69, 9.17) is 46.4 Å². The molecule has 1 aromatic rings. The molecule has 0 amide bonds. The first-order chi connectivity index (χ1) is 11.0. The summed E-state index contributed by atoms with van der Waals surface area (Å²) in [6.45, 7) is 2.56. The van der Waals surface area contributed by atoms with Gasteiger partial charge in [0.1, 0.15) is 10.2 Å². The smallest absolute Gasteiger partial charge is 0.362 e. The summed E-state index contributed by atoms with van der Waals surface area (Å²) in [5.41, 5.74) is 1.79. The summed E-state index contributed by atoms with van der Waals surface area (Å²) in [7, 11) is 1.80. The first kappa shape index (κ1) is 19.8. The zero-order chi connectivity index (χ0) is 18.3. The minimum atomic E-state index is -4.53. The SMILES string of the molecule is CCN(C)C(=NNc1c(Cl)cc(C(F)(F)F)cc1Cl)C1CC1(Cl)Cl. The van der Waals surface area contributed by atoms with Crippen molar-refractivity contribution in [2.24, 2.45) is 11.0 Å². The van der Waals surface area contributed by atoms with Gasteiger partial charge in [-0.05, 0) is 25.5 Å². The zero-order valence-electron chi connectivity index (χ0n) is 12.7. The van der Waals surface area contributed by atoms with Crippen molar-refractivity contribution in [3.05, 3.63) is 27.7 Å². The van der Waals surface area contributed by atoms with Gasteiger partial charge >= 0.3 is 6.18 Å². The van der Waals surface area contributed by atoms with E-state index in [1.54, 1.807) is 7.05 Å². The Bertz CT molecular complexity index is 638. The summed E-state index contributed by atoms with van der Waals surface area (Å²) in [4.78, 5) is 1.83. The van der Waals surface area contributed by atoms with Crippen LogP contribution in [0, 0.1) is 5.92 Å². The Kier molecular flexibility index (Phi) is 5.75. The Labute approximate surface area is 157 Å². The molecule has 0 spiro atoms. The Morgan fingerprint density at radius 2 is 1.83 bits per heavy atom. The average Bonchev–Trinajstić information content (AvgIpc) is 3.08. The van der Waals surface area contributed by atoms with Gasteiger partial charge < -0.3 is 4.90 Å². The molecule has 1 aliphatic rings. The van der Waals surface area contributed by atoms with Crippen LogP contribution >= 0.6 is 46.4 Å². The van der Waals surface area contributed by atoms with Crippen LogP contribution in [-0.4, -0.2) is 28.7 Å². The van der Waals surface area contributed by atoms with Crippen LogP contribution in [0.4, 0.5) is 18.9 Å². The lowest BCUT2D eigenvalue weighted by Gasteiger charge is -2.20. The highest BCUT2D eigenvalue weighted by molar-refractivity contribution is 6.52. The second-order valence-electron chi connectivity index (χ2n) is 5.43. The van der Waals surface area contributed by atoms with Crippen LogP contribution in [0.3, 0.4) is 0 Å². The van der Waals surface area contributed by atoms with Crippen molar-refractivity contribution >= 4 is 57.9 Å². The van der Waals surface area contributed by atoms with Gasteiger partial charge in [-0.3, -0.25) is 5.43 Å². The topological polar surface area (TPSA) is 27.6 Å². The lowest BCUT2D eigenvalue weighted by atomic mass is 10.2. The molecule has 24 heavy (non-hydrogen) atoms. The molecule has 0 bridgehead atoms. The molecule has 2 rings (SSSR count). The van der Waals surface area contributed by atoms with Crippen LogP contribution in [0.25, 0.3) is 0 Å². The standard InChI is InChI=1S/C14H14Cl4F3N3/c1-3-24(2)12(8-6-13(8,17)18)23-22-11-9(15)4-7(5-10(11)16)14(19,20)21/h4-5,8,22H,3,6H2,1-2H3. The molecule has 1 fully saturated rings. The maximum Gasteiger partial charge on any atom is 0.416 e. The maximum atomic E-state index is 12.7. The summed E-state index contributed by atoms with van der Waals surface area (Å²) in [6.07, 6.45) is -4.00. The van der Waals surface area contributed by atoms with Crippen molar-refractivity contribution in [2.75, 3.05) is 19.0 Å². The average molecular weight is 423 g/mol. The predicted octanol–water partition coefficient (Wildman–Crippen LogP) is 5.88. The summed E-state index contributed by atoms with van der Waals surface area (Å²) in [5.74, 6) is 0.403. The third-order valence-electron chi connectivity index (χ3n) is 3.65. The van der Waals surface area contributed by atoms with Gasteiger partial charge in [-0.25, -0.2) is 0 Å². The van der Waals surface area contributed by atoms with Gasteiger partial charge in [0.2, 0.25) is 0 Å². The number of alkyl halides is 5. The molecule has 1 atom stereocenters. The van der Waals surface area contributed by atoms with Gasteiger partial charge in [0.05, 0.1) is 27.2 Å². The number of anilines is 1. The summed E-state index contributed by atoms with van der Waals surface area (Å²) >= 11 is 24.0. The van der Waals surface area contributed by atoms with Crippen molar-refractivity contribution in [1.82, 2.24) is 4.90 Å². The quantitative estimate of drug-likeness (QED) is 0.284. The van der Waals surface area contributed by atoms with E-state index in [1.807, 2.05) is 11.8 Å². The van der Waals surface area contributed by atoms with Crippen molar-refractivity contribution in [1.29, 1.82) is 0 Å². The van der Waals surface area contributed by atoms with Crippen LogP contribution in [0.15, 0.2) is 17.2 Å². The Hall–Kier alpha value is -0.560. The van der Waals surface area contributed by atoms with E-state index in [-0.39, 0.29) is 21.7 Å². The fraction of sp³-hybridized carbons (Fsp3) is 0.500. The monoisotopic (exact) mass is 421 g/mol. The van der Waals surface area contributed by atoms with E-state index in [0.717, 1.165) is 12.1 Å². The van der Waals surface area contributed by atoms with Crippen molar-refractivity contribution in [3.8, 4) is 0 Å². The fourth-order valence-corrected chi connectivity index (χ4v) is 3.12. The highest BCUT2D eigenvalue weighted by Crippen LogP contribution is 2.54. The third kappa shape index (κ3) is 4.34. The van der Waals surface area contributed by atoms with Crippen molar-refractivity contribution in [2.45, 2.75) is 23.9 Å². The fourth-order valence-electron chi connectivity index (χ4n) is 2.04. The summed E-state index contributed by atoms with van der Waals surface area (Å²) in [5, 5.41) is 3.84. The minimum absolute atomic E-state index is 0.0868. The van der Waals surface area contributed by atoms with Gasteiger partial charge in [-0.2, -0.15) is 18.3 Å². The molecule has 0 heterocycles. The second-order valence-corrected chi connectivity index (χ2v) is 7.78. The summed E-state index contributed by atoms with van der Waals surface area (Å²) < 4.78 is 37.3. The number of nitrogens with one attached hydrogen (secondary N) is 1. The van der Waals surface area contributed by atoms with Gasteiger partial charge in [0.25, 0.3) is 0 Å². The van der Waals surface area contributed by atoms with E-state index in [1.165, 1.54) is 0 Å². The highest BCUT2D eigenvalue weighted by atomic mass is 35.5. The predicted molar refractivity (Wildman–Crippen MR) is 93.4 cm³/mol. The van der Waals surface area contributed by atoms with E-state index in [9.17, 15) is 13.2 Å². The molecule has 1 aliphatic carbocycles. The molecule has 1 unspecified atom stereocenters. The van der Waals surface area contributed by atoms with E-state index >= 15 is 0 Å². The van der Waals surface area contributed by atoms with Crippen molar-refractivity contribution in [3.63, 3.8) is 0 Å². The number of halogens is 7. The third-order valence-corrected chi connectivity index (χ3v) is 5.09. The minimum Gasteiger partial charge on any atom is -0.362 e. The first-order valence-electron chi connectivity index (χ1n) is 6.96. The molecule has 1 aromatic carbocycles. The van der Waals surface area contributed by atoms with Gasteiger partial charge in [0.15, 0.2) is 0 Å². The van der Waals surface area contributed by atoms with Gasteiger partial charge in [-0.15, -0.1) is 23.2 Å². The van der Waals surface area contributed by atoms with E-state index < -0.39 is 16.1 Å². The van der Waals surface area contributed by atoms with Crippen LogP contribution in [-0.2, 0) is 6.18 Å². The summed E-state index contributed by atoms with van der Waals surface area (Å²) in [6, 6.07) is 1.58. The zero-order valence-corrected chi connectivity index (χ0v) is 15.7. The Balaban J connectivity index is 2.29. The molecule has 3 nitrogen and oxygen atoms in total. The van der Waals surface area contributed by atoms with E-state index in [2.05, 4.69) is 10.5 Å². The number of hydrazone groups is 1. The molecule has 0 aromatic heterocycles. The largest absolute Gasteiger partial charge is 0.416 e. The Morgan fingerprint density at radius 3 is 2.21 bits per heavy atom. The van der Waals surface area contributed by atoms with Crippen LogP contribution in [0.2, 0.25) is 10.0 Å². The second kappa shape index (κ2) is 6.98. The molecule has 0 radical (unpaired) electrons. The lowest BCUT2D eigenvalue weighted by Crippen LogP contribution is -2.30. The van der Waals surface area contributed by atoms with Crippen LogP contribution < -0.4 is 5.43 Å². The van der Waals surface area contributed by atoms with Crippen LogP contribution in [0.1, 0.15) is 18.9 Å². The first-order valence-corrected chi connectivity index (χ1v) is 8.47. The molecular weight excluding hydrogens is 409 g/mol. The van der Waals surface area contributed by atoms with E-state index in [0.29, 0.717) is 18.8 Å². The Morgan fingerprint density at radius 1 is 1.33 bits per heavy atom. The number of benzene rings is 1. The maximum absolute atomic E-state index is 12.7. The normalized spacial score (nSPS) is 20.0. The molecule has 1 N–H and O–H groups in total. The molecule has 1 saturated carbocycles. The number of hydrogen-bond donors (Lipinski definition) is 1. The molecule has 0 saturated heterocycles. The van der Waals surface area contributed by atoms with Gasteiger partial charge in [0, 0.05) is 13.6 Å². The number of hydrogen-bond acceptors (Lipinski definition) is 2. The molecule has 0 aliphatic heterocycles. The number of amidine groups is 1.